The number of fused-ring (bicyclic) bond motifs is 1. The van der Waals surface area contributed by atoms with Crippen molar-refractivity contribution in [3.8, 4) is 0 Å². The van der Waals surface area contributed by atoms with Crippen LogP contribution in [0.3, 0.4) is 0 Å². The maximum Gasteiger partial charge on any atom is 0.404 e. The first-order valence-corrected chi connectivity index (χ1v) is 14.1. The second-order valence-corrected chi connectivity index (χ2v) is 12.0. The third-order valence-electron chi connectivity index (χ3n) is 5.77. The number of benzene rings is 3. The molecule has 1 amide bonds. The number of carbonyl (C=O) groups excluding carboxylic acids is 3. The Morgan fingerprint density at radius 1 is 0.881 bits per heavy atom. The number of nitrogens with one attached hydrogen (secondary N) is 1. The molecule has 0 spiro atoms. The Hall–Kier alpha value is -4.65. The number of sulfonamides is 1. The summed E-state index contributed by atoms with van der Waals surface area (Å²) < 4.78 is 70.2. The molecule has 0 aromatic heterocycles. The van der Waals surface area contributed by atoms with E-state index in [1.807, 2.05) is 4.72 Å². The number of esters is 1. The summed E-state index contributed by atoms with van der Waals surface area (Å²) in [7, 11) is -4.87. The lowest BCUT2D eigenvalue weighted by Crippen LogP contribution is -2.35. The van der Waals surface area contributed by atoms with Gasteiger partial charge in [-0.15, -0.1) is 5.06 Å². The van der Waals surface area contributed by atoms with Crippen molar-refractivity contribution >= 4 is 50.6 Å². The SMILES string of the molecule is CC(C)(C)C(=O)ON1C(=O)/C(=C(\OC(=O)c2ccccc2)c2ccccc2)c2ccc(NS(=O)(=O)CC(F)(F)F)cc21. The zero-order valence-electron chi connectivity index (χ0n) is 22.6. The molecular formula is C29H25F3N2O7S. The van der Waals surface area contributed by atoms with Crippen LogP contribution in [-0.4, -0.2) is 38.2 Å². The van der Waals surface area contributed by atoms with Crippen LogP contribution >= 0.6 is 0 Å². The van der Waals surface area contributed by atoms with E-state index in [1.54, 1.807) is 48.5 Å². The lowest BCUT2D eigenvalue weighted by molar-refractivity contribution is -0.157. The lowest BCUT2D eigenvalue weighted by Gasteiger charge is -2.22. The van der Waals surface area contributed by atoms with Crippen LogP contribution in [0.1, 0.15) is 42.3 Å². The third kappa shape index (κ3) is 6.97. The van der Waals surface area contributed by atoms with Crippen molar-refractivity contribution in [3.05, 3.63) is 95.6 Å². The van der Waals surface area contributed by atoms with Gasteiger partial charge in [-0.25, -0.2) is 18.0 Å². The summed E-state index contributed by atoms with van der Waals surface area (Å²) in [6.07, 6.45) is -5.00. The van der Waals surface area contributed by atoms with E-state index in [-0.39, 0.29) is 33.8 Å². The molecule has 0 radical (unpaired) electrons. The van der Waals surface area contributed by atoms with Gasteiger partial charge in [-0.1, -0.05) is 48.5 Å². The van der Waals surface area contributed by atoms with Crippen LogP contribution in [0.2, 0.25) is 0 Å². The summed E-state index contributed by atoms with van der Waals surface area (Å²) in [5.74, 6) is -4.89. The summed E-state index contributed by atoms with van der Waals surface area (Å²) in [4.78, 5) is 45.1. The fraction of sp³-hybridized carbons (Fsp3) is 0.207. The van der Waals surface area contributed by atoms with Gasteiger partial charge in [0.2, 0.25) is 10.0 Å². The average Bonchev–Trinajstić information content (AvgIpc) is 3.16. The molecule has 0 saturated carbocycles. The minimum absolute atomic E-state index is 0.0696. The maximum absolute atomic E-state index is 13.9. The summed E-state index contributed by atoms with van der Waals surface area (Å²) >= 11 is 0. The van der Waals surface area contributed by atoms with E-state index in [0.29, 0.717) is 10.6 Å². The van der Waals surface area contributed by atoms with E-state index in [2.05, 4.69) is 0 Å². The summed E-state index contributed by atoms with van der Waals surface area (Å²) in [5.41, 5.74) is -1.21. The molecule has 42 heavy (non-hydrogen) atoms. The molecule has 0 aliphatic carbocycles. The Balaban J connectivity index is 1.88. The number of halogens is 3. The van der Waals surface area contributed by atoms with Gasteiger partial charge in [0.1, 0.15) is 0 Å². The van der Waals surface area contributed by atoms with E-state index in [9.17, 15) is 36.0 Å². The predicted molar refractivity (Wildman–Crippen MR) is 148 cm³/mol. The molecule has 0 bridgehead atoms. The lowest BCUT2D eigenvalue weighted by atomic mass is 9.98. The first-order chi connectivity index (χ1) is 19.6. The van der Waals surface area contributed by atoms with Crippen molar-refractivity contribution in [1.29, 1.82) is 0 Å². The zero-order chi connectivity index (χ0) is 30.9. The first kappa shape index (κ1) is 30.3. The van der Waals surface area contributed by atoms with E-state index in [0.717, 1.165) is 12.1 Å². The Morgan fingerprint density at radius 3 is 2.00 bits per heavy atom. The minimum atomic E-state index is -5.00. The Labute approximate surface area is 239 Å². The molecule has 1 aliphatic rings. The van der Waals surface area contributed by atoms with Crippen LogP contribution in [0.25, 0.3) is 11.3 Å². The zero-order valence-corrected chi connectivity index (χ0v) is 23.4. The number of ether oxygens (including phenoxy) is 1. The number of alkyl halides is 3. The Kier molecular flexibility index (Phi) is 8.17. The second kappa shape index (κ2) is 11.3. The van der Waals surface area contributed by atoms with Crippen LogP contribution in [0.15, 0.2) is 78.9 Å². The van der Waals surface area contributed by atoms with Crippen molar-refractivity contribution in [2.24, 2.45) is 5.41 Å². The van der Waals surface area contributed by atoms with Gasteiger partial charge in [0.15, 0.2) is 11.5 Å². The third-order valence-corrected chi connectivity index (χ3v) is 7.02. The fourth-order valence-electron chi connectivity index (χ4n) is 3.83. The number of anilines is 2. The number of hydrogen-bond acceptors (Lipinski definition) is 7. The van der Waals surface area contributed by atoms with E-state index >= 15 is 0 Å². The van der Waals surface area contributed by atoms with Crippen molar-refractivity contribution in [2.75, 3.05) is 15.5 Å². The van der Waals surface area contributed by atoms with Crippen LogP contribution in [0, 0.1) is 5.41 Å². The highest BCUT2D eigenvalue weighted by Crippen LogP contribution is 2.43. The van der Waals surface area contributed by atoms with Crippen molar-refractivity contribution in [2.45, 2.75) is 26.9 Å². The van der Waals surface area contributed by atoms with Crippen molar-refractivity contribution in [3.63, 3.8) is 0 Å². The maximum atomic E-state index is 13.9. The smallest absolute Gasteiger partial charge is 0.404 e. The van der Waals surface area contributed by atoms with E-state index < -0.39 is 45.2 Å². The molecule has 0 atom stereocenters. The number of hydrogen-bond donors (Lipinski definition) is 1. The molecule has 1 heterocycles. The molecule has 1 aliphatic heterocycles. The molecule has 13 heteroatoms. The standard InChI is InChI=1S/C29H25F3N2O7S/c1-28(2,3)27(37)41-34-22-16-20(33-42(38,39)17-29(30,31)32)14-15-21(22)23(25(34)35)24(18-10-6-4-7-11-18)40-26(36)19-12-8-5-9-13-19/h4-16,33H,17H2,1-3H3/b24-23-. The largest absolute Gasteiger partial charge is 0.421 e. The summed E-state index contributed by atoms with van der Waals surface area (Å²) in [6.45, 7) is 4.60. The molecule has 4 rings (SSSR count). The molecule has 1 N–H and O–H groups in total. The number of amides is 1. The van der Waals surface area contributed by atoms with Crippen LogP contribution in [0.4, 0.5) is 24.5 Å². The van der Waals surface area contributed by atoms with Crippen LogP contribution < -0.4 is 9.79 Å². The second-order valence-electron chi connectivity index (χ2n) is 10.3. The predicted octanol–water partition coefficient (Wildman–Crippen LogP) is 5.57. The van der Waals surface area contributed by atoms with Gasteiger partial charge in [-0.3, -0.25) is 9.52 Å². The number of carbonyl (C=O) groups is 3. The summed E-state index contributed by atoms with van der Waals surface area (Å²) in [5, 5.41) is 0.596. The highest BCUT2D eigenvalue weighted by atomic mass is 32.2. The first-order valence-electron chi connectivity index (χ1n) is 12.4. The topological polar surface area (TPSA) is 119 Å². The molecule has 3 aromatic carbocycles. The minimum Gasteiger partial charge on any atom is -0.421 e. The Morgan fingerprint density at radius 2 is 1.45 bits per heavy atom. The number of rotatable bonds is 7. The summed E-state index contributed by atoms with van der Waals surface area (Å²) in [6, 6.07) is 19.5. The van der Waals surface area contributed by atoms with Gasteiger partial charge in [0, 0.05) is 11.1 Å². The average molecular weight is 603 g/mol. The number of nitrogens with zero attached hydrogens (tertiary/aromatic N) is 1. The number of hydroxylamine groups is 1. The molecule has 0 saturated heterocycles. The van der Waals surface area contributed by atoms with Crippen LogP contribution in [-0.2, 0) is 29.2 Å². The van der Waals surface area contributed by atoms with Gasteiger partial charge in [0.05, 0.1) is 27.9 Å². The van der Waals surface area contributed by atoms with E-state index in [4.69, 9.17) is 9.57 Å². The fourth-order valence-corrected chi connectivity index (χ4v) is 4.82. The highest BCUT2D eigenvalue weighted by Gasteiger charge is 2.42. The van der Waals surface area contributed by atoms with Gasteiger partial charge >= 0.3 is 18.1 Å². The van der Waals surface area contributed by atoms with Crippen molar-refractivity contribution in [1.82, 2.24) is 0 Å². The van der Waals surface area contributed by atoms with Gasteiger partial charge in [-0.2, -0.15) is 13.2 Å². The van der Waals surface area contributed by atoms with Gasteiger partial charge in [-0.05, 0) is 51.1 Å². The van der Waals surface area contributed by atoms with Gasteiger partial charge < -0.3 is 9.57 Å². The molecule has 9 nitrogen and oxygen atoms in total. The van der Waals surface area contributed by atoms with E-state index in [1.165, 1.54) is 39.0 Å². The highest BCUT2D eigenvalue weighted by molar-refractivity contribution is 7.92. The normalized spacial score (nSPS) is 14.7. The molecule has 3 aromatic rings. The van der Waals surface area contributed by atoms with Gasteiger partial charge in [0.25, 0.3) is 5.91 Å². The van der Waals surface area contributed by atoms with Crippen molar-refractivity contribution < 1.29 is 45.5 Å². The van der Waals surface area contributed by atoms with Crippen LogP contribution in [0.5, 0.6) is 0 Å². The molecule has 0 fully saturated rings. The Bertz CT molecular complexity index is 1660. The molecule has 0 unspecified atom stereocenters. The molecule has 220 valence electrons. The molecular weight excluding hydrogens is 577 g/mol. The monoisotopic (exact) mass is 602 g/mol. The quantitative estimate of drug-likeness (QED) is 0.213.